The number of nitrogens with zero attached hydrogens (tertiary/aromatic N) is 4. The molecule has 9 heteroatoms. The summed E-state index contributed by atoms with van der Waals surface area (Å²) in [7, 11) is -4.23. The van der Waals surface area contributed by atoms with E-state index in [1.54, 1.807) is 0 Å². The van der Waals surface area contributed by atoms with Crippen molar-refractivity contribution in [2.24, 2.45) is 0 Å². The number of sulfonamides is 1. The fourth-order valence-corrected chi connectivity index (χ4v) is 4.54. The lowest BCUT2D eigenvalue weighted by Crippen LogP contribution is -2.49. The van der Waals surface area contributed by atoms with Gasteiger partial charge < -0.3 is 4.90 Å². The predicted molar refractivity (Wildman–Crippen MR) is 98.2 cm³/mol. The van der Waals surface area contributed by atoms with Crippen molar-refractivity contribution >= 4 is 15.8 Å². The summed E-state index contributed by atoms with van der Waals surface area (Å²) in [6.45, 7) is 6.90. The number of aromatic nitrogens is 2. The van der Waals surface area contributed by atoms with Crippen molar-refractivity contribution in [3.63, 3.8) is 0 Å². The highest BCUT2D eigenvalue weighted by atomic mass is 32.2. The minimum absolute atomic E-state index is 0.121. The number of aryl methyl sites for hydroxylation is 1. The summed E-state index contributed by atoms with van der Waals surface area (Å²) in [6.07, 6.45) is 0. The fraction of sp³-hybridized carbons (Fsp3) is 0.444. The quantitative estimate of drug-likeness (QED) is 0.795. The van der Waals surface area contributed by atoms with Gasteiger partial charge >= 0.3 is 0 Å². The molecule has 0 unspecified atom stereocenters. The standard InChI is InChI=1S/C18H22F2N4O2S/c1-12(2)18-21-13(3)11-16(22-18)23-7-9-24(10-8-23)27(25,26)17-14(19)5-4-6-15(17)20/h4-6,11-12H,7-10H2,1-3H3. The summed E-state index contributed by atoms with van der Waals surface area (Å²) < 4.78 is 54.3. The van der Waals surface area contributed by atoms with Crippen LogP contribution in [-0.4, -0.2) is 48.9 Å². The van der Waals surface area contributed by atoms with Gasteiger partial charge in [0.25, 0.3) is 0 Å². The van der Waals surface area contributed by atoms with Gasteiger partial charge in [-0.25, -0.2) is 27.2 Å². The summed E-state index contributed by atoms with van der Waals surface area (Å²) in [4.78, 5) is 10.0. The SMILES string of the molecule is Cc1cc(N2CCN(S(=O)(=O)c3c(F)cccc3F)CC2)nc(C(C)C)n1. The molecule has 2 aromatic rings. The molecular weight excluding hydrogens is 374 g/mol. The van der Waals surface area contributed by atoms with Crippen LogP contribution in [0.25, 0.3) is 0 Å². The van der Waals surface area contributed by atoms with Gasteiger partial charge in [-0.1, -0.05) is 19.9 Å². The first kappa shape index (κ1) is 19.6. The highest BCUT2D eigenvalue weighted by molar-refractivity contribution is 7.89. The number of piperazine rings is 1. The van der Waals surface area contributed by atoms with E-state index in [-0.39, 0.29) is 19.0 Å². The van der Waals surface area contributed by atoms with Crippen molar-refractivity contribution in [1.29, 1.82) is 0 Å². The number of benzene rings is 1. The van der Waals surface area contributed by atoms with Gasteiger partial charge in [0.1, 0.15) is 23.3 Å². The van der Waals surface area contributed by atoms with Crippen LogP contribution >= 0.6 is 0 Å². The summed E-state index contributed by atoms with van der Waals surface area (Å²) in [5.74, 6) is -0.515. The molecule has 2 heterocycles. The Morgan fingerprint density at radius 2 is 1.63 bits per heavy atom. The molecule has 0 saturated carbocycles. The Labute approximate surface area is 157 Å². The molecule has 146 valence electrons. The average Bonchev–Trinajstić information content (AvgIpc) is 2.61. The molecular formula is C18H22F2N4O2S. The van der Waals surface area contributed by atoms with Crippen LogP contribution in [0.4, 0.5) is 14.6 Å². The number of rotatable bonds is 4. The van der Waals surface area contributed by atoms with Crippen LogP contribution in [0.5, 0.6) is 0 Å². The summed E-state index contributed by atoms with van der Waals surface area (Å²) >= 11 is 0. The van der Waals surface area contributed by atoms with Gasteiger partial charge in [-0.05, 0) is 19.1 Å². The first-order valence-electron chi connectivity index (χ1n) is 8.75. The van der Waals surface area contributed by atoms with E-state index < -0.39 is 26.6 Å². The number of anilines is 1. The van der Waals surface area contributed by atoms with E-state index in [2.05, 4.69) is 9.97 Å². The van der Waals surface area contributed by atoms with Crippen LogP contribution < -0.4 is 4.90 Å². The van der Waals surface area contributed by atoms with Gasteiger partial charge in [-0.3, -0.25) is 0 Å². The molecule has 1 saturated heterocycles. The Morgan fingerprint density at radius 1 is 1.04 bits per heavy atom. The second kappa shape index (κ2) is 7.47. The zero-order valence-corrected chi connectivity index (χ0v) is 16.3. The first-order valence-corrected chi connectivity index (χ1v) is 10.2. The molecule has 27 heavy (non-hydrogen) atoms. The molecule has 1 aliphatic heterocycles. The molecule has 1 fully saturated rings. The Balaban J connectivity index is 1.80. The molecule has 0 radical (unpaired) electrons. The molecule has 3 rings (SSSR count). The fourth-order valence-electron chi connectivity index (χ4n) is 3.01. The summed E-state index contributed by atoms with van der Waals surface area (Å²) in [6, 6.07) is 4.89. The second-order valence-corrected chi connectivity index (χ2v) is 8.70. The highest BCUT2D eigenvalue weighted by Crippen LogP contribution is 2.25. The van der Waals surface area contributed by atoms with E-state index in [0.717, 1.165) is 39.8 Å². The van der Waals surface area contributed by atoms with Crippen LogP contribution in [0.15, 0.2) is 29.2 Å². The Kier molecular flexibility index (Phi) is 5.43. The zero-order valence-electron chi connectivity index (χ0n) is 15.5. The van der Waals surface area contributed by atoms with Crippen LogP contribution in [0.3, 0.4) is 0 Å². The second-order valence-electron chi connectivity index (χ2n) is 6.82. The van der Waals surface area contributed by atoms with Gasteiger partial charge in [0.2, 0.25) is 10.0 Å². The first-order chi connectivity index (χ1) is 12.7. The van der Waals surface area contributed by atoms with Crippen molar-refractivity contribution in [3.8, 4) is 0 Å². The van der Waals surface area contributed by atoms with E-state index in [0.29, 0.717) is 13.1 Å². The van der Waals surface area contributed by atoms with E-state index >= 15 is 0 Å². The van der Waals surface area contributed by atoms with E-state index in [4.69, 9.17) is 0 Å². The van der Waals surface area contributed by atoms with E-state index in [9.17, 15) is 17.2 Å². The molecule has 0 spiro atoms. The summed E-state index contributed by atoms with van der Waals surface area (Å²) in [5.41, 5.74) is 0.840. The molecule has 1 aliphatic rings. The zero-order chi connectivity index (χ0) is 19.8. The van der Waals surface area contributed by atoms with E-state index in [1.807, 2.05) is 31.7 Å². The molecule has 6 nitrogen and oxygen atoms in total. The lowest BCUT2D eigenvalue weighted by Gasteiger charge is -2.35. The monoisotopic (exact) mass is 396 g/mol. The van der Waals surface area contributed by atoms with Crippen LogP contribution in [-0.2, 0) is 10.0 Å². The maximum Gasteiger partial charge on any atom is 0.249 e. The third kappa shape index (κ3) is 3.93. The van der Waals surface area contributed by atoms with Gasteiger partial charge in [-0.2, -0.15) is 4.31 Å². The number of halogens is 2. The minimum Gasteiger partial charge on any atom is -0.354 e. The van der Waals surface area contributed by atoms with Gasteiger partial charge in [0, 0.05) is 43.9 Å². The molecule has 0 atom stereocenters. The van der Waals surface area contributed by atoms with Crippen molar-refractivity contribution in [2.75, 3.05) is 31.1 Å². The Morgan fingerprint density at radius 3 is 2.19 bits per heavy atom. The molecule has 1 aromatic carbocycles. The number of hydrogen-bond acceptors (Lipinski definition) is 5. The molecule has 0 amide bonds. The lowest BCUT2D eigenvalue weighted by atomic mass is 10.2. The highest BCUT2D eigenvalue weighted by Gasteiger charge is 2.33. The Hall–Kier alpha value is -2.13. The smallest absolute Gasteiger partial charge is 0.249 e. The van der Waals surface area contributed by atoms with Crippen LogP contribution in [0.1, 0.15) is 31.3 Å². The van der Waals surface area contributed by atoms with Crippen molar-refractivity contribution in [2.45, 2.75) is 31.6 Å². The van der Waals surface area contributed by atoms with Crippen LogP contribution in [0.2, 0.25) is 0 Å². The normalized spacial score (nSPS) is 16.1. The molecule has 0 bridgehead atoms. The maximum atomic E-state index is 13.9. The largest absolute Gasteiger partial charge is 0.354 e. The van der Waals surface area contributed by atoms with Gasteiger partial charge in [0.05, 0.1) is 0 Å². The van der Waals surface area contributed by atoms with Gasteiger partial charge in [-0.15, -0.1) is 0 Å². The van der Waals surface area contributed by atoms with Crippen LogP contribution in [0, 0.1) is 18.6 Å². The van der Waals surface area contributed by atoms with Crippen molar-refractivity contribution in [1.82, 2.24) is 14.3 Å². The van der Waals surface area contributed by atoms with Gasteiger partial charge in [0.15, 0.2) is 4.90 Å². The number of hydrogen-bond donors (Lipinski definition) is 0. The molecule has 1 aromatic heterocycles. The van der Waals surface area contributed by atoms with E-state index in [1.165, 1.54) is 0 Å². The van der Waals surface area contributed by atoms with Crippen molar-refractivity contribution in [3.05, 3.63) is 47.4 Å². The predicted octanol–water partition coefficient (Wildman–Crippen LogP) is 2.70. The minimum atomic E-state index is -4.23. The third-order valence-corrected chi connectivity index (χ3v) is 6.40. The summed E-state index contributed by atoms with van der Waals surface area (Å²) in [5, 5.41) is 0. The maximum absolute atomic E-state index is 13.9. The topological polar surface area (TPSA) is 66.4 Å². The third-order valence-electron chi connectivity index (χ3n) is 4.45. The average molecular weight is 396 g/mol. The molecule has 0 aliphatic carbocycles. The molecule has 0 N–H and O–H groups in total. The lowest BCUT2D eigenvalue weighted by molar-refractivity contribution is 0.377. The van der Waals surface area contributed by atoms with Crippen molar-refractivity contribution < 1.29 is 17.2 Å². The Bertz CT molecular complexity index is 922.